The lowest BCUT2D eigenvalue weighted by atomic mass is 9.62. The highest BCUT2D eigenvalue weighted by Gasteiger charge is 2.51. The molecule has 1 amide bonds. The number of thiazole rings is 1. The number of carbonyl (C=O) groups excluding carboxylic acids is 2. The first kappa shape index (κ1) is 17.4. The molecule has 0 bridgehead atoms. The summed E-state index contributed by atoms with van der Waals surface area (Å²) in [7, 11) is 0. The van der Waals surface area contributed by atoms with Gasteiger partial charge in [0.15, 0.2) is 10.1 Å². The van der Waals surface area contributed by atoms with Crippen LogP contribution in [0.15, 0.2) is 30.5 Å². The number of ketones is 1. The second-order valence-electron chi connectivity index (χ2n) is 7.83. The lowest BCUT2D eigenvalue weighted by molar-refractivity contribution is -0.134. The van der Waals surface area contributed by atoms with Gasteiger partial charge in [-0.15, -0.1) is 0 Å². The molecular formula is C20H19FN4O2S. The normalized spacial score (nSPS) is 17.6. The van der Waals surface area contributed by atoms with Crippen LogP contribution in [0.2, 0.25) is 0 Å². The number of aromatic nitrogens is 2. The van der Waals surface area contributed by atoms with E-state index >= 15 is 0 Å². The van der Waals surface area contributed by atoms with E-state index in [-0.39, 0.29) is 16.5 Å². The molecule has 1 aliphatic heterocycles. The number of aryl methyl sites for hydroxylation is 1. The zero-order valence-corrected chi connectivity index (χ0v) is 16.2. The summed E-state index contributed by atoms with van der Waals surface area (Å²) in [5.41, 5.74) is 3.32. The van der Waals surface area contributed by atoms with Crippen molar-refractivity contribution in [2.75, 3.05) is 18.0 Å². The van der Waals surface area contributed by atoms with E-state index in [9.17, 15) is 14.0 Å². The summed E-state index contributed by atoms with van der Waals surface area (Å²) in [5, 5.41) is 2.52. The Kier molecular flexibility index (Phi) is 3.80. The van der Waals surface area contributed by atoms with Crippen molar-refractivity contribution in [3.05, 3.63) is 52.5 Å². The molecule has 2 aliphatic rings. The minimum absolute atomic E-state index is 0.235. The molecule has 0 radical (unpaired) electrons. The van der Waals surface area contributed by atoms with Gasteiger partial charge in [0.1, 0.15) is 11.5 Å². The number of benzene rings is 1. The highest BCUT2D eigenvalue weighted by Crippen LogP contribution is 2.47. The molecule has 144 valence electrons. The summed E-state index contributed by atoms with van der Waals surface area (Å²) in [5.74, 6) is 0.104. The Morgan fingerprint density at radius 3 is 2.68 bits per heavy atom. The predicted octanol–water partition coefficient (Wildman–Crippen LogP) is 2.94. The van der Waals surface area contributed by atoms with E-state index in [0.29, 0.717) is 28.7 Å². The first-order chi connectivity index (χ1) is 13.4. The monoisotopic (exact) mass is 398 g/mol. The van der Waals surface area contributed by atoms with Crippen LogP contribution in [-0.2, 0) is 11.3 Å². The number of imidazole rings is 1. The van der Waals surface area contributed by atoms with Gasteiger partial charge >= 0.3 is 0 Å². The number of nitrogens with zero attached hydrogens (tertiary/aromatic N) is 3. The van der Waals surface area contributed by atoms with Gasteiger partial charge in [-0.05, 0) is 24.6 Å². The largest absolute Gasteiger partial charge is 0.370 e. The van der Waals surface area contributed by atoms with Crippen molar-refractivity contribution in [2.45, 2.75) is 26.3 Å². The summed E-state index contributed by atoms with van der Waals surface area (Å²) in [6.45, 7) is 4.03. The van der Waals surface area contributed by atoms with E-state index in [4.69, 9.17) is 0 Å². The zero-order valence-electron chi connectivity index (χ0n) is 15.4. The van der Waals surface area contributed by atoms with Crippen LogP contribution in [0.4, 0.5) is 10.1 Å². The van der Waals surface area contributed by atoms with Crippen LogP contribution in [0.3, 0.4) is 0 Å². The average Bonchev–Trinajstić information content (AvgIpc) is 3.09. The Balaban J connectivity index is 1.21. The number of hydrogen-bond donors (Lipinski definition) is 1. The van der Waals surface area contributed by atoms with Gasteiger partial charge in [-0.25, -0.2) is 4.98 Å². The summed E-state index contributed by atoms with van der Waals surface area (Å²) < 4.78 is 14.9. The number of amides is 1. The SMILES string of the molecule is Cc1nc2sc(F)cn2c1C(=O)NCc1ccc(N2CC3(CC(=O)C3)C2)cc1. The number of hydrogen-bond acceptors (Lipinski definition) is 5. The van der Waals surface area contributed by atoms with Crippen molar-refractivity contribution in [3.8, 4) is 0 Å². The average molecular weight is 398 g/mol. The molecule has 6 nitrogen and oxygen atoms in total. The van der Waals surface area contributed by atoms with Gasteiger partial charge in [-0.1, -0.05) is 23.5 Å². The first-order valence-electron chi connectivity index (χ1n) is 9.20. The van der Waals surface area contributed by atoms with E-state index in [2.05, 4.69) is 15.2 Å². The molecule has 2 fully saturated rings. The van der Waals surface area contributed by atoms with Crippen LogP contribution in [0, 0.1) is 17.5 Å². The third-order valence-electron chi connectivity index (χ3n) is 5.64. The van der Waals surface area contributed by atoms with E-state index in [1.54, 1.807) is 6.92 Å². The van der Waals surface area contributed by atoms with E-state index in [1.165, 1.54) is 10.6 Å². The molecule has 1 saturated carbocycles. The number of anilines is 1. The lowest BCUT2D eigenvalue weighted by Crippen LogP contribution is -2.62. The minimum Gasteiger partial charge on any atom is -0.370 e. The van der Waals surface area contributed by atoms with Gasteiger partial charge in [0.05, 0.1) is 11.9 Å². The fourth-order valence-electron chi connectivity index (χ4n) is 4.25. The maximum absolute atomic E-state index is 13.4. The van der Waals surface area contributed by atoms with Crippen molar-refractivity contribution in [2.24, 2.45) is 5.41 Å². The summed E-state index contributed by atoms with van der Waals surface area (Å²) in [6, 6.07) is 8.09. The molecule has 8 heteroatoms. The van der Waals surface area contributed by atoms with E-state index < -0.39 is 0 Å². The zero-order chi connectivity index (χ0) is 19.5. The van der Waals surface area contributed by atoms with Crippen molar-refractivity contribution in [1.29, 1.82) is 0 Å². The second-order valence-corrected chi connectivity index (χ2v) is 8.79. The number of carbonyl (C=O) groups is 2. The van der Waals surface area contributed by atoms with Gasteiger partial charge in [0.25, 0.3) is 5.91 Å². The molecule has 0 unspecified atom stereocenters. The Morgan fingerprint density at radius 2 is 2.00 bits per heavy atom. The smallest absolute Gasteiger partial charge is 0.270 e. The van der Waals surface area contributed by atoms with Crippen molar-refractivity contribution in [3.63, 3.8) is 0 Å². The molecule has 28 heavy (non-hydrogen) atoms. The number of nitrogens with one attached hydrogen (secondary N) is 1. The van der Waals surface area contributed by atoms with E-state index in [0.717, 1.165) is 48.5 Å². The summed E-state index contributed by atoms with van der Waals surface area (Å²) in [6.07, 6.45) is 2.74. The standard InChI is InChI=1S/C20H19FN4O2S/c1-12-17(25-9-16(21)28-19(25)23-12)18(27)22-8-13-2-4-14(5-3-13)24-10-20(11-24)6-15(26)7-20/h2-5,9H,6-8,10-11H2,1H3,(H,22,27). The molecule has 1 spiro atoms. The Morgan fingerprint density at radius 1 is 1.29 bits per heavy atom. The molecule has 1 aromatic carbocycles. The second kappa shape index (κ2) is 6.13. The molecule has 5 rings (SSSR count). The minimum atomic E-state index is -0.369. The van der Waals surface area contributed by atoms with Crippen LogP contribution in [0.5, 0.6) is 0 Å². The van der Waals surface area contributed by atoms with Crippen LogP contribution in [0.1, 0.15) is 34.6 Å². The summed E-state index contributed by atoms with van der Waals surface area (Å²) >= 11 is 0.918. The quantitative estimate of drug-likeness (QED) is 0.734. The van der Waals surface area contributed by atoms with Crippen LogP contribution in [-0.4, -0.2) is 34.2 Å². The number of halogens is 1. The molecule has 3 heterocycles. The molecular weight excluding hydrogens is 379 g/mol. The van der Waals surface area contributed by atoms with Gasteiger partial charge in [0, 0.05) is 43.6 Å². The molecule has 1 N–H and O–H groups in total. The molecule has 1 aliphatic carbocycles. The predicted molar refractivity (Wildman–Crippen MR) is 104 cm³/mol. The fourth-order valence-corrected chi connectivity index (χ4v) is 5.00. The van der Waals surface area contributed by atoms with Crippen LogP contribution < -0.4 is 10.2 Å². The van der Waals surface area contributed by atoms with Gasteiger partial charge in [-0.2, -0.15) is 4.39 Å². The van der Waals surface area contributed by atoms with Crippen LogP contribution >= 0.6 is 11.3 Å². The molecule has 1 saturated heterocycles. The van der Waals surface area contributed by atoms with Crippen molar-refractivity contribution >= 4 is 33.7 Å². The first-order valence-corrected chi connectivity index (χ1v) is 10.0. The highest BCUT2D eigenvalue weighted by atomic mass is 32.1. The summed E-state index contributed by atoms with van der Waals surface area (Å²) in [4.78, 5) is 30.8. The molecule has 2 aromatic heterocycles. The third-order valence-corrected chi connectivity index (χ3v) is 6.41. The Hall–Kier alpha value is -2.74. The Labute approximate surface area is 165 Å². The van der Waals surface area contributed by atoms with Crippen molar-refractivity contribution < 1.29 is 14.0 Å². The number of Topliss-reactive ketones (excluding diaryl/α,β-unsaturated/α-hetero) is 1. The van der Waals surface area contributed by atoms with Gasteiger partial charge < -0.3 is 10.2 Å². The van der Waals surface area contributed by atoms with Crippen molar-refractivity contribution in [1.82, 2.24) is 14.7 Å². The van der Waals surface area contributed by atoms with Crippen LogP contribution in [0.25, 0.3) is 4.96 Å². The van der Waals surface area contributed by atoms with Gasteiger partial charge in [0.2, 0.25) is 0 Å². The maximum atomic E-state index is 13.4. The highest BCUT2D eigenvalue weighted by molar-refractivity contribution is 7.15. The number of fused-ring (bicyclic) bond motifs is 1. The molecule has 3 aromatic rings. The van der Waals surface area contributed by atoms with Gasteiger partial charge in [-0.3, -0.25) is 14.0 Å². The number of rotatable bonds is 4. The topological polar surface area (TPSA) is 66.7 Å². The third kappa shape index (κ3) is 2.79. The molecule has 0 atom stereocenters. The lowest BCUT2D eigenvalue weighted by Gasteiger charge is -2.55. The Bertz CT molecular complexity index is 1090. The van der Waals surface area contributed by atoms with E-state index in [1.807, 2.05) is 24.3 Å². The maximum Gasteiger partial charge on any atom is 0.270 e. The fraction of sp³-hybridized carbons (Fsp3) is 0.350.